The van der Waals surface area contributed by atoms with Gasteiger partial charge in [0, 0.05) is 24.7 Å². The smallest absolute Gasteiger partial charge is 0.292 e. The van der Waals surface area contributed by atoms with Crippen molar-refractivity contribution in [2.24, 2.45) is 5.73 Å². The highest BCUT2D eigenvalue weighted by molar-refractivity contribution is 5.73. The van der Waals surface area contributed by atoms with Crippen LogP contribution in [0.3, 0.4) is 0 Å². The number of nitrogen functional groups attached to an aromatic ring is 1. The van der Waals surface area contributed by atoms with Crippen molar-refractivity contribution >= 4 is 23.0 Å². The number of anilines is 2. The molecule has 0 aromatic heterocycles. The lowest BCUT2D eigenvalue weighted by atomic mass is 10.2. The van der Waals surface area contributed by atoms with Gasteiger partial charge in [-0.1, -0.05) is 0 Å². The summed E-state index contributed by atoms with van der Waals surface area (Å²) in [5.74, 6) is -0.311. The molecule has 0 bridgehead atoms. The molecule has 0 aliphatic heterocycles. The van der Waals surface area contributed by atoms with Crippen LogP contribution in [0, 0.1) is 10.1 Å². The third kappa shape index (κ3) is 4.28. The molecule has 0 fully saturated rings. The van der Waals surface area contributed by atoms with Gasteiger partial charge in [0.2, 0.25) is 5.91 Å². The van der Waals surface area contributed by atoms with Crippen molar-refractivity contribution in [3.8, 4) is 0 Å². The summed E-state index contributed by atoms with van der Waals surface area (Å²) in [7, 11) is 0. The number of hydrogen-bond acceptors (Lipinski definition) is 5. The van der Waals surface area contributed by atoms with Crippen molar-refractivity contribution in [3.63, 3.8) is 0 Å². The van der Waals surface area contributed by atoms with Crippen LogP contribution in [-0.4, -0.2) is 17.4 Å². The number of nitrogens with one attached hydrogen (secondary N) is 1. The minimum Gasteiger partial charge on any atom is -0.393 e. The summed E-state index contributed by atoms with van der Waals surface area (Å²) in [5, 5.41) is 13.6. The summed E-state index contributed by atoms with van der Waals surface area (Å²) in [6, 6.07) is 4.48. The van der Waals surface area contributed by atoms with E-state index in [-0.39, 0.29) is 17.3 Å². The molecule has 98 valence electrons. The van der Waals surface area contributed by atoms with Gasteiger partial charge in [0.25, 0.3) is 5.69 Å². The average molecular weight is 252 g/mol. The molecule has 0 saturated heterocycles. The number of nitrogens with zero attached hydrogens (tertiary/aromatic N) is 1. The fourth-order valence-corrected chi connectivity index (χ4v) is 1.49. The first kappa shape index (κ1) is 13.8. The van der Waals surface area contributed by atoms with Crippen LogP contribution in [0.15, 0.2) is 18.2 Å². The monoisotopic (exact) mass is 252 g/mol. The highest BCUT2D eigenvalue weighted by Crippen LogP contribution is 2.24. The molecule has 0 unspecified atom stereocenters. The Bertz CT molecular complexity index is 448. The molecule has 0 radical (unpaired) electrons. The number of rotatable bonds is 7. The predicted octanol–water partition coefficient (Wildman–Crippen LogP) is 1.24. The van der Waals surface area contributed by atoms with E-state index in [1.165, 1.54) is 12.1 Å². The van der Waals surface area contributed by atoms with Crippen LogP contribution in [0.25, 0.3) is 0 Å². The Balaban J connectivity index is 2.42. The number of amides is 1. The zero-order valence-electron chi connectivity index (χ0n) is 9.89. The second-order valence-electron chi connectivity index (χ2n) is 3.88. The van der Waals surface area contributed by atoms with E-state index in [2.05, 4.69) is 5.32 Å². The maximum atomic E-state index is 10.6. The van der Waals surface area contributed by atoms with Crippen LogP contribution in [0.5, 0.6) is 0 Å². The number of carbonyl (C=O) groups excluding carboxylic acids is 1. The lowest BCUT2D eigenvalue weighted by Crippen LogP contribution is -2.11. The van der Waals surface area contributed by atoms with Gasteiger partial charge in [0.05, 0.1) is 4.92 Å². The molecule has 0 aliphatic carbocycles. The van der Waals surface area contributed by atoms with Crippen molar-refractivity contribution in [2.75, 3.05) is 17.6 Å². The van der Waals surface area contributed by atoms with Crippen LogP contribution in [0.2, 0.25) is 0 Å². The van der Waals surface area contributed by atoms with Gasteiger partial charge >= 0.3 is 0 Å². The lowest BCUT2D eigenvalue weighted by Gasteiger charge is -2.06. The maximum Gasteiger partial charge on any atom is 0.292 e. The van der Waals surface area contributed by atoms with Gasteiger partial charge in [-0.2, -0.15) is 0 Å². The van der Waals surface area contributed by atoms with E-state index in [9.17, 15) is 14.9 Å². The maximum absolute atomic E-state index is 10.6. The number of nitro groups is 1. The first-order valence-electron chi connectivity index (χ1n) is 5.57. The Morgan fingerprint density at radius 1 is 1.39 bits per heavy atom. The van der Waals surface area contributed by atoms with Gasteiger partial charge < -0.3 is 16.8 Å². The molecule has 0 aliphatic rings. The number of nitrogens with two attached hydrogens (primary N) is 2. The van der Waals surface area contributed by atoms with Crippen molar-refractivity contribution in [1.29, 1.82) is 0 Å². The van der Waals surface area contributed by atoms with E-state index in [1.807, 2.05) is 0 Å². The topological polar surface area (TPSA) is 124 Å². The number of primary amides is 1. The van der Waals surface area contributed by atoms with Gasteiger partial charge in [-0.05, 0) is 25.0 Å². The van der Waals surface area contributed by atoms with Gasteiger partial charge in [-0.25, -0.2) is 0 Å². The second kappa shape index (κ2) is 6.43. The van der Waals surface area contributed by atoms with E-state index in [1.54, 1.807) is 6.07 Å². The average Bonchev–Trinajstić information content (AvgIpc) is 2.27. The van der Waals surface area contributed by atoms with Crippen molar-refractivity contribution in [3.05, 3.63) is 28.3 Å². The van der Waals surface area contributed by atoms with E-state index < -0.39 is 4.92 Å². The Labute approximate surface area is 104 Å². The third-order valence-corrected chi connectivity index (χ3v) is 2.40. The van der Waals surface area contributed by atoms with E-state index in [0.717, 1.165) is 12.1 Å². The van der Waals surface area contributed by atoms with Crippen LogP contribution in [0.4, 0.5) is 17.1 Å². The van der Waals surface area contributed by atoms with Crippen molar-refractivity contribution in [1.82, 2.24) is 0 Å². The molecule has 1 rings (SSSR count). The number of carbonyl (C=O) groups is 1. The molecule has 0 saturated carbocycles. The number of nitro benzene ring substituents is 1. The molecule has 5 N–H and O–H groups in total. The molecular formula is C11H16N4O3. The highest BCUT2D eigenvalue weighted by Gasteiger charge is 2.10. The predicted molar refractivity (Wildman–Crippen MR) is 69.0 cm³/mol. The third-order valence-electron chi connectivity index (χ3n) is 2.40. The van der Waals surface area contributed by atoms with Crippen molar-refractivity contribution in [2.45, 2.75) is 19.3 Å². The Morgan fingerprint density at radius 2 is 2.11 bits per heavy atom. The number of unbranched alkanes of at least 4 members (excludes halogenated alkanes) is 1. The molecule has 7 heteroatoms. The van der Waals surface area contributed by atoms with E-state index in [4.69, 9.17) is 11.5 Å². The molecular weight excluding hydrogens is 236 g/mol. The molecule has 1 amide bonds. The highest BCUT2D eigenvalue weighted by atomic mass is 16.6. The fraction of sp³-hybridized carbons (Fsp3) is 0.364. The first-order chi connectivity index (χ1) is 8.50. The normalized spacial score (nSPS) is 10.0. The summed E-state index contributed by atoms with van der Waals surface area (Å²) in [6.45, 7) is 0.657. The van der Waals surface area contributed by atoms with E-state index in [0.29, 0.717) is 19.4 Å². The van der Waals surface area contributed by atoms with Gasteiger partial charge in [0.15, 0.2) is 0 Å². The van der Waals surface area contributed by atoms with Crippen LogP contribution in [-0.2, 0) is 4.79 Å². The molecule has 0 heterocycles. The SMILES string of the molecule is NC(=O)CCCCNc1ccc([N+](=O)[O-])c(N)c1. The Kier molecular flexibility index (Phi) is 4.91. The summed E-state index contributed by atoms with van der Waals surface area (Å²) < 4.78 is 0. The summed E-state index contributed by atoms with van der Waals surface area (Å²) in [6.07, 6.45) is 1.87. The fourth-order valence-electron chi connectivity index (χ4n) is 1.49. The van der Waals surface area contributed by atoms with E-state index >= 15 is 0 Å². The minimum atomic E-state index is -0.522. The number of hydrogen-bond donors (Lipinski definition) is 3. The minimum absolute atomic E-state index is 0.103. The van der Waals surface area contributed by atoms with Gasteiger partial charge in [0.1, 0.15) is 5.69 Å². The largest absolute Gasteiger partial charge is 0.393 e. The second-order valence-corrected chi connectivity index (χ2v) is 3.88. The quantitative estimate of drug-likeness (QED) is 0.291. The number of benzene rings is 1. The molecule has 7 nitrogen and oxygen atoms in total. The van der Waals surface area contributed by atoms with Gasteiger partial charge in [-0.3, -0.25) is 14.9 Å². The van der Waals surface area contributed by atoms with Crippen LogP contribution in [0.1, 0.15) is 19.3 Å². The first-order valence-corrected chi connectivity index (χ1v) is 5.57. The van der Waals surface area contributed by atoms with Crippen LogP contribution < -0.4 is 16.8 Å². The lowest BCUT2D eigenvalue weighted by molar-refractivity contribution is -0.383. The molecule has 1 aromatic carbocycles. The van der Waals surface area contributed by atoms with Gasteiger partial charge in [-0.15, -0.1) is 0 Å². The standard InChI is InChI=1S/C11H16N4O3/c12-9-7-8(4-5-10(9)15(17)18)14-6-2-1-3-11(13)16/h4-5,7,14H,1-3,6,12H2,(H2,13,16). The zero-order chi connectivity index (χ0) is 13.5. The summed E-state index contributed by atoms with van der Waals surface area (Å²) in [5.41, 5.74) is 11.3. The zero-order valence-corrected chi connectivity index (χ0v) is 9.89. The molecule has 1 aromatic rings. The summed E-state index contributed by atoms with van der Waals surface area (Å²) in [4.78, 5) is 20.5. The van der Waals surface area contributed by atoms with Crippen molar-refractivity contribution < 1.29 is 9.72 Å². The Morgan fingerprint density at radius 3 is 2.67 bits per heavy atom. The Hall–Kier alpha value is -2.31. The molecule has 0 atom stereocenters. The molecule has 0 spiro atoms. The summed E-state index contributed by atoms with van der Waals surface area (Å²) >= 11 is 0. The van der Waals surface area contributed by atoms with Crippen LogP contribution >= 0.6 is 0 Å². The molecule has 18 heavy (non-hydrogen) atoms.